The van der Waals surface area contributed by atoms with E-state index in [1.807, 2.05) is 0 Å². The predicted molar refractivity (Wildman–Crippen MR) is 78.4 cm³/mol. The summed E-state index contributed by atoms with van der Waals surface area (Å²) in [6.45, 7) is 4.54. The molecule has 1 N–H and O–H groups in total. The van der Waals surface area contributed by atoms with Gasteiger partial charge in [-0.05, 0) is 26.0 Å². The first-order valence-corrected chi connectivity index (χ1v) is 8.48. The minimum atomic E-state index is -3.80. The third-order valence-corrected chi connectivity index (χ3v) is 5.95. The van der Waals surface area contributed by atoms with E-state index >= 15 is 0 Å². The van der Waals surface area contributed by atoms with E-state index in [0.717, 1.165) is 0 Å². The maximum absolute atomic E-state index is 12.9. The van der Waals surface area contributed by atoms with Crippen molar-refractivity contribution in [3.05, 3.63) is 18.2 Å². The number of hydrogen-bond acceptors (Lipinski definition) is 5. The molecule has 120 valence electrons. The highest BCUT2D eigenvalue weighted by Crippen LogP contribution is 2.34. The summed E-state index contributed by atoms with van der Waals surface area (Å²) >= 11 is 0. The summed E-state index contributed by atoms with van der Waals surface area (Å²) in [5.74, 6) is 0.632. The molecular weight excluding hydrogens is 308 g/mol. The summed E-state index contributed by atoms with van der Waals surface area (Å²) in [5, 5.41) is 2.69. The smallest absolute Gasteiger partial charge is 0.244 e. The molecule has 2 aliphatic rings. The molecule has 1 aromatic carbocycles. The van der Waals surface area contributed by atoms with Gasteiger partial charge in [-0.15, -0.1) is 0 Å². The average Bonchev–Trinajstić information content (AvgIpc) is 2.49. The van der Waals surface area contributed by atoms with Crippen LogP contribution in [0.5, 0.6) is 11.5 Å². The molecule has 1 fully saturated rings. The number of fused-ring (bicyclic) bond motifs is 1. The molecule has 0 saturated carbocycles. The van der Waals surface area contributed by atoms with Crippen molar-refractivity contribution in [3.8, 4) is 11.5 Å². The maximum atomic E-state index is 12.9. The Balaban J connectivity index is 2.01. The lowest BCUT2D eigenvalue weighted by Gasteiger charge is -2.39. The second-order valence-electron chi connectivity index (χ2n) is 5.70. The zero-order valence-electron chi connectivity index (χ0n) is 12.5. The first kappa shape index (κ1) is 15.1. The lowest BCUT2D eigenvalue weighted by atomic mass is 10.0. The molecule has 1 amide bonds. The van der Waals surface area contributed by atoms with E-state index in [2.05, 4.69) is 5.32 Å². The van der Waals surface area contributed by atoms with Crippen molar-refractivity contribution in [2.24, 2.45) is 0 Å². The highest BCUT2D eigenvalue weighted by molar-refractivity contribution is 7.89. The molecule has 2 aliphatic heterocycles. The molecule has 0 bridgehead atoms. The topological polar surface area (TPSA) is 84.9 Å². The van der Waals surface area contributed by atoms with Gasteiger partial charge in [0.1, 0.15) is 18.8 Å². The average molecular weight is 326 g/mol. The summed E-state index contributed by atoms with van der Waals surface area (Å²) in [5.41, 5.74) is -1.13. The summed E-state index contributed by atoms with van der Waals surface area (Å²) in [7, 11) is -3.80. The zero-order chi connectivity index (χ0) is 16.0. The van der Waals surface area contributed by atoms with E-state index in [1.165, 1.54) is 16.4 Å². The predicted octanol–water partition coefficient (Wildman–Crippen LogP) is 0.357. The third kappa shape index (κ3) is 2.32. The summed E-state index contributed by atoms with van der Waals surface area (Å²) in [6, 6.07) is 4.51. The normalized spacial score (nSPS) is 21.3. The van der Waals surface area contributed by atoms with E-state index in [1.54, 1.807) is 19.9 Å². The number of hydrogen-bond donors (Lipinski definition) is 1. The Hall–Kier alpha value is -1.80. The molecule has 1 saturated heterocycles. The molecule has 0 unspecified atom stereocenters. The van der Waals surface area contributed by atoms with Crippen LogP contribution in [-0.2, 0) is 14.8 Å². The first-order chi connectivity index (χ1) is 10.3. The third-order valence-electron chi connectivity index (χ3n) is 3.88. The number of carbonyl (C=O) groups excluding carboxylic acids is 1. The van der Waals surface area contributed by atoms with E-state index in [9.17, 15) is 13.2 Å². The zero-order valence-corrected chi connectivity index (χ0v) is 13.3. The Morgan fingerprint density at radius 1 is 1.18 bits per heavy atom. The molecule has 0 aromatic heterocycles. The number of ether oxygens (including phenoxy) is 2. The molecule has 7 nitrogen and oxygen atoms in total. The molecule has 0 aliphatic carbocycles. The van der Waals surface area contributed by atoms with Crippen molar-refractivity contribution in [1.82, 2.24) is 9.62 Å². The molecule has 1 aromatic rings. The van der Waals surface area contributed by atoms with E-state index in [0.29, 0.717) is 31.3 Å². The van der Waals surface area contributed by atoms with Crippen LogP contribution in [0.1, 0.15) is 13.8 Å². The van der Waals surface area contributed by atoms with Gasteiger partial charge in [-0.2, -0.15) is 4.31 Å². The Kier molecular flexibility index (Phi) is 3.53. The van der Waals surface area contributed by atoms with Crippen molar-refractivity contribution >= 4 is 15.9 Å². The number of piperazine rings is 1. The lowest BCUT2D eigenvalue weighted by Crippen LogP contribution is -2.63. The van der Waals surface area contributed by atoms with Gasteiger partial charge in [-0.1, -0.05) is 0 Å². The molecular formula is C14H18N2O5S. The summed E-state index contributed by atoms with van der Waals surface area (Å²) in [6.07, 6.45) is 0. The van der Waals surface area contributed by atoms with Gasteiger partial charge in [0.25, 0.3) is 0 Å². The Morgan fingerprint density at radius 3 is 2.59 bits per heavy atom. The number of rotatable bonds is 2. The Bertz CT molecular complexity index is 714. The number of nitrogens with one attached hydrogen (secondary N) is 1. The van der Waals surface area contributed by atoms with E-state index in [4.69, 9.17) is 9.47 Å². The number of amides is 1. The molecule has 0 radical (unpaired) electrons. The number of benzene rings is 1. The Labute approximate surface area is 129 Å². The number of carbonyl (C=O) groups is 1. The van der Waals surface area contributed by atoms with Gasteiger partial charge in [0.05, 0.1) is 4.90 Å². The number of sulfonamides is 1. The van der Waals surface area contributed by atoms with Gasteiger partial charge < -0.3 is 14.8 Å². The fourth-order valence-electron chi connectivity index (χ4n) is 2.61. The quantitative estimate of drug-likeness (QED) is 0.848. The van der Waals surface area contributed by atoms with Crippen LogP contribution < -0.4 is 14.8 Å². The van der Waals surface area contributed by atoms with Crippen LogP contribution >= 0.6 is 0 Å². The standard InChI is InChI=1S/C14H18N2O5S/c1-14(2)13(17)15-5-6-16(14)22(18,19)10-3-4-11-12(9-10)21-8-7-20-11/h3-4,9H,5-8H2,1-2H3,(H,15,17). The highest BCUT2D eigenvalue weighted by Gasteiger charge is 2.45. The molecule has 0 atom stereocenters. The minimum absolute atomic E-state index is 0.0968. The van der Waals surface area contributed by atoms with Crippen LogP contribution in [0.25, 0.3) is 0 Å². The fourth-order valence-corrected chi connectivity index (χ4v) is 4.38. The monoisotopic (exact) mass is 326 g/mol. The van der Waals surface area contributed by atoms with Crippen LogP contribution in [-0.4, -0.2) is 50.5 Å². The van der Waals surface area contributed by atoms with Gasteiger partial charge in [0.2, 0.25) is 15.9 Å². The molecule has 22 heavy (non-hydrogen) atoms. The van der Waals surface area contributed by atoms with Gasteiger partial charge >= 0.3 is 0 Å². The fraction of sp³-hybridized carbons (Fsp3) is 0.500. The minimum Gasteiger partial charge on any atom is -0.486 e. The lowest BCUT2D eigenvalue weighted by molar-refractivity contribution is -0.131. The van der Waals surface area contributed by atoms with E-state index < -0.39 is 15.6 Å². The second kappa shape index (κ2) is 5.13. The van der Waals surface area contributed by atoms with Crippen molar-refractivity contribution in [2.75, 3.05) is 26.3 Å². The van der Waals surface area contributed by atoms with Crippen molar-refractivity contribution in [2.45, 2.75) is 24.3 Å². The van der Waals surface area contributed by atoms with E-state index in [-0.39, 0.29) is 17.3 Å². The summed E-state index contributed by atoms with van der Waals surface area (Å²) in [4.78, 5) is 12.1. The van der Waals surface area contributed by atoms with Crippen molar-refractivity contribution < 1.29 is 22.7 Å². The molecule has 8 heteroatoms. The second-order valence-corrected chi connectivity index (χ2v) is 7.56. The van der Waals surface area contributed by atoms with Crippen LogP contribution in [0, 0.1) is 0 Å². The van der Waals surface area contributed by atoms with Gasteiger partial charge in [-0.25, -0.2) is 8.42 Å². The maximum Gasteiger partial charge on any atom is 0.244 e. The first-order valence-electron chi connectivity index (χ1n) is 7.04. The van der Waals surface area contributed by atoms with Crippen LogP contribution in [0.3, 0.4) is 0 Å². The largest absolute Gasteiger partial charge is 0.486 e. The van der Waals surface area contributed by atoms with Gasteiger partial charge in [-0.3, -0.25) is 4.79 Å². The van der Waals surface area contributed by atoms with Crippen molar-refractivity contribution in [1.29, 1.82) is 0 Å². The highest BCUT2D eigenvalue weighted by atomic mass is 32.2. The number of nitrogens with zero attached hydrogens (tertiary/aromatic N) is 1. The molecule has 0 spiro atoms. The van der Waals surface area contributed by atoms with Crippen LogP contribution in [0.15, 0.2) is 23.1 Å². The van der Waals surface area contributed by atoms with Gasteiger partial charge in [0, 0.05) is 19.2 Å². The summed E-state index contributed by atoms with van der Waals surface area (Å²) < 4.78 is 37.8. The molecule has 3 rings (SSSR count). The van der Waals surface area contributed by atoms with Crippen LogP contribution in [0.4, 0.5) is 0 Å². The Morgan fingerprint density at radius 2 is 1.86 bits per heavy atom. The van der Waals surface area contributed by atoms with Gasteiger partial charge in [0.15, 0.2) is 11.5 Å². The molecule has 2 heterocycles. The van der Waals surface area contributed by atoms with Crippen LogP contribution in [0.2, 0.25) is 0 Å². The van der Waals surface area contributed by atoms with Crippen molar-refractivity contribution in [3.63, 3.8) is 0 Å². The SMILES string of the molecule is CC1(C)C(=O)NCCN1S(=O)(=O)c1ccc2c(c1)OCCO2.